The number of nitrogens with zero attached hydrogens (tertiary/aromatic N) is 5. The molecule has 0 saturated carbocycles. The van der Waals surface area contributed by atoms with E-state index in [0.717, 1.165) is 0 Å². The molecule has 4 heterocycles. The molecule has 4 aromatic rings. The highest BCUT2D eigenvalue weighted by atomic mass is 16.6. The Balaban J connectivity index is 1.59. The summed E-state index contributed by atoms with van der Waals surface area (Å²) < 4.78 is 7.45. The summed E-state index contributed by atoms with van der Waals surface area (Å²) in [6.07, 6.45) is 3.17. The SMILES string of the molecule is CC1=C(C(=O)Nc2cccnc2)C(c2ccc(C)o2)n2nc(-c3cccc([N+](=O)[O-])c3)nc2N1. The second-order valence-electron chi connectivity index (χ2n) is 7.72. The number of allylic oxidation sites excluding steroid dienone is 1. The number of hydrogen-bond acceptors (Lipinski definition) is 8. The smallest absolute Gasteiger partial charge is 0.270 e. The van der Waals surface area contributed by atoms with Gasteiger partial charge in [-0.05, 0) is 38.1 Å². The number of rotatable bonds is 5. The summed E-state index contributed by atoms with van der Waals surface area (Å²) >= 11 is 0. The number of benzene rings is 1. The molecule has 0 spiro atoms. The minimum absolute atomic E-state index is 0.0673. The summed E-state index contributed by atoms with van der Waals surface area (Å²) in [5, 5.41) is 21.8. The van der Waals surface area contributed by atoms with Crippen LogP contribution in [0, 0.1) is 17.0 Å². The number of non-ortho nitro benzene ring substituents is 1. The van der Waals surface area contributed by atoms with E-state index in [1.54, 1.807) is 60.4 Å². The molecule has 1 aliphatic rings. The predicted molar refractivity (Wildman–Crippen MR) is 123 cm³/mol. The summed E-state index contributed by atoms with van der Waals surface area (Å²) in [5.74, 6) is 1.50. The van der Waals surface area contributed by atoms with Gasteiger partial charge >= 0.3 is 0 Å². The van der Waals surface area contributed by atoms with E-state index < -0.39 is 11.0 Å². The van der Waals surface area contributed by atoms with E-state index in [1.165, 1.54) is 12.1 Å². The molecule has 2 N–H and O–H groups in total. The average molecular weight is 457 g/mol. The van der Waals surface area contributed by atoms with Crippen LogP contribution in [-0.2, 0) is 4.79 Å². The van der Waals surface area contributed by atoms with Crippen molar-refractivity contribution in [3.8, 4) is 11.4 Å². The lowest BCUT2D eigenvalue weighted by Gasteiger charge is -2.27. The summed E-state index contributed by atoms with van der Waals surface area (Å²) in [4.78, 5) is 32.7. The van der Waals surface area contributed by atoms with Crippen LogP contribution in [0.4, 0.5) is 17.3 Å². The van der Waals surface area contributed by atoms with Gasteiger partial charge in [0.1, 0.15) is 17.6 Å². The molecule has 0 saturated heterocycles. The van der Waals surface area contributed by atoms with Gasteiger partial charge in [0.05, 0.1) is 22.4 Å². The first kappa shape index (κ1) is 21.1. The van der Waals surface area contributed by atoms with Gasteiger partial charge in [-0.1, -0.05) is 12.1 Å². The molecule has 11 heteroatoms. The van der Waals surface area contributed by atoms with Crippen LogP contribution < -0.4 is 10.6 Å². The van der Waals surface area contributed by atoms with Crippen molar-refractivity contribution in [1.82, 2.24) is 19.7 Å². The zero-order valence-corrected chi connectivity index (χ0v) is 18.2. The molecule has 0 radical (unpaired) electrons. The molecule has 34 heavy (non-hydrogen) atoms. The van der Waals surface area contributed by atoms with Gasteiger partial charge in [-0.15, -0.1) is 5.10 Å². The van der Waals surface area contributed by atoms with Crippen molar-refractivity contribution in [3.63, 3.8) is 0 Å². The van der Waals surface area contributed by atoms with E-state index in [-0.39, 0.29) is 17.4 Å². The van der Waals surface area contributed by atoms with E-state index >= 15 is 0 Å². The monoisotopic (exact) mass is 457 g/mol. The molecule has 1 atom stereocenters. The van der Waals surface area contributed by atoms with E-state index in [1.807, 2.05) is 6.92 Å². The number of furan rings is 1. The fraction of sp³-hybridized carbons (Fsp3) is 0.130. The lowest BCUT2D eigenvalue weighted by atomic mass is 10.00. The molecular weight excluding hydrogens is 438 g/mol. The maximum absolute atomic E-state index is 13.4. The highest BCUT2D eigenvalue weighted by Crippen LogP contribution is 2.37. The second-order valence-corrected chi connectivity index (χ2v) is 7.72. The minimum Gasteiger partial charge on any atom is -0.464 e. The van der Waals surface area contributed by atoms with Gasteiger partial charge in [-0.25, -0.2) is 4.68 Å². The summed E-state index contributed by atoms with van der Waals surface area (Å²) in [7, 11) is 0. The van der Waals surface area contributed by atoms with Crippen molar-refractivity contribution in [2.24, 2.45) is 0 Å². The normalized spacial score (nSPS) is 14.9. The maximum Gasteiger partial charge on any atom is 0.270 e. The first-order chi connectivity index (χ1) is 16.4. The zero-order valence-electron chi connectivity index (χ0n) is 18.2. The topological polar surface area (TPSA) is 141 Å². The highest BCUT2D eigenvalue weighted by Gasteiger charge is 2.36. The predicted octanol–water partition coefficient (Wildman–Crippen LogP) is 4.08. The third-order valence-corrected chi connectivity index (χ3v) is 5.36. The maximum atomic E-state index is 13.4. The van der Waals surface area contributed by atoms with Gasteiger partial charge in [0.2, 0.25) is 5.95 Å². The summed E-state index contributed by atoms with van der Waals surface area (Å²) in [6, 6.07) is 12.4. The van der Waals surface area contributed by atoms with Crippen molar-refractivity contribution in [2.75, 3.05) is 10.6 Å². The Bertz CT molecular complexity index is 1440. The van der Waals surface area contributed by atoms with Crippen LogP contribution in [0.1, 0.15) is 24.5 Å². The Labute approximate surface area is 193 Å². The Hall–Kier alpha value is -4.80. The van der Waals surface area contributed by atoms with E-state index in [9.17, 15) is 14.9 Å². The summed E-state index contributed by atoms with van der Waals surface area (Å²) in [5.41, 5.74) is 1.92. The number of pyridine rings is 1. The number of aryl methyl sites for hydroxylation is 1. The number of fused-ring (bicyclic) bond motifs is 1. The largest absolute Gasteiger partial charge is 0.464 e. The second kappa shape index (κ2) is 8.28. The van der Waals surface area contributed by atoms with Gasteiger partial charge in [0.15, 0.2) is 5.82 Å². The molecule has 11 nitrogen and oxygen atoms in total. The van der Waals surface area contributed by atoms with Gasteiger partial charge < -0.3 is 15.1 Å². The molecule has 5 rings (SSSR count). The number of carbonyl (C=O) groups is 1. The standard InChI is InChI=1S/C23H19N7O4/c1-13-8-9-18(34-13)20-19(22(31)26-16-6-4-10-24-12-16)14(2)25-23-27-21(28-29(20)23)15-5-3-7-17(11-15)30(32)33/h3-12,20H,1-2H3,(H,26,31)(H,25,27,28). The summed E-state index contributed by atoms with van der Waals surface area (Å²) in [6.45, 7) is 3.58. The van der Waals surface area contributed by atoms with Crippen LogP contribution in [0.3, 0.4) is 0 Å². The molecule has 0 bridgehead atoms. The van der Waals surface area contributed by atoms with Crippen molar-refractivity contribution in [1.29, 1.82) is 0 Å². The lowest BCUT2D eigenvalue weighted by molar-refractivity contribution is -0.384. The number of aromatic nitrogens is 4. The fourth-order valence-corrected chi connectivity index (χ4v) is 3.82. The van der Waals surface area contributed by atoms with Crippen LogP contribution in [0.5, 0.6) is 0 Å². The number of anilines is 2. The van der Waals surface area contributed by atoms with Crippen molar-refractivity contribution in [2.45, 2.75) is 19.9 Å². The average Bonchev–Trinajstić information content (AvgIpc) is 3.45. The van der Waals surface area contributed by atoms with Crippen LogP contribution in [0.15, 0.2) is 76.6 Å². The lowest BCUT2D eigenvalue weighted by Crippen LogP contribution is -2.31. The molecule has 1 unspecified atom stereocenters. The Morgan fingerprint density at radius 1 is 1.21 bits per heavy atom. The van der Waals surface area contributed by atoms with Crippen molar-refractivity contribution in [3.05, 3.63) is 93.8 Å². The van der Waals surface area contributed by atoms with Gasteiger partial charge in [-0.2, -0.15) is 4.98 Å². The fourth-order valence-electron chi connectivity index (χ4n) is 3.82. The molecule has 170 valence electrons. The van der Waals surface area contributed by atoms with Gasteiger partial charge in [-0.3, -0.25) is 19.9 Å². The number of nitro benzene ring substituents is 1. The molecule has 1 aliphatic heterocycles. The highest BCUT2D eigenvalue weighted by molar-refractivity contribution is 6.05. The first-order valence-electron chi connectivity index (χ1n) is 10.4. The van der Waals surface area contributed by atoms with Crippen LogP contribution >= 0.6 is 0 Å². The molecule has 1 aromatic carbocycles. The minimum atomic E-state index is -0.707. The molecular formula is C23H19N7O4. The third-order valence-electron chi connectivity index (χ3n) is 5.36. The van der Waals surface area contributed by atoms with E-state index in [2.05, 4.69) is 25.7 Å². The van der Waals surface area contributed by atoms with Crippen LogP contribution in [0.25, 0.3) is 11.4 Å². The number of hydrogen-bond donors (Lipinski definition) is 2. The number of amides is 1. The quantitative estimate of drug-likeness (QED) is 0.337. The number of carbonyl (C=O) groups excluding carboxylic acids is 1. The zero-order chi connectivity index (χ0) is 23.8. The van der Waals surface area contributed by atoms with Gasteiger partial charge in [0.25, 0.3) is 11.6 Å². The van der Waals surface area contributed by atoms with Crippen LogP contribution in [0.2, 0.25) is 0 Å². The molecule has 3 aromatic heterocycles. The third kappa shape index (κ3) is 3.79. The molecule has 0 fully saturated rings. The first-order valence-corrected chi connectivity index (χ1v) is 10.4. The Morgan fingerprint density at radius 3 is 2.76 bits per heavy atom. The Morgan fingerprint density at radius 2 is 2.06 bits per heavy atom. The van der Waals surface area contributed by atoms with E-state index in [4.69, 9.17) is 4.42 Å². The number of nitro groups is 1. The van der Waals surface area contributed by atoms with Gasteiger partial charge in [0, 0.05) is 29.6 Å². The van der Waals surface area contributed by atoms with Crippen LogP contribution in [-0.4, -0.2) is 30.6 Å². The van der Waals surface area contributed by atoms with E-state index in [0.29, 0.717) is 40.0 Å². The van der Waals surface area contributed by atoms with Crippen molar-refractivity contribution < 1.29 is 14.1 Å². The van der Waals surface area contributed by atoms with Crippen molar-refractivity contribution >= 4 is 23.2 Å². The number of nitrogens with one attached hydrogen (secondary N) is 2. The molecule has 1 amide bonds. The molecule has 0 aliphatic carbocycles. The Kier molecular flexibility index (Phi) is 5.13.